The van der Waals surface area contributed by atoms with E-state index in [1.54, 1.807) is 0 Å². The maximum absolute atomic E-state index is 14.1. The third kappa shape index (κ3) is 8.41. The molecule has 5 N–H and O–H groups in total. The molecule has 3 amide bonds. The molecule has 1 aliphatic carbocycles. The normalized spacial score (nSPS) is 19.1. The van der Waals surface area contributed by atoms with Gasteiger partial charge in [0.05, 0.1) is 37.7 Å². The van der Waals surface area contributed by atoms with Crippen LogP contribution in [0.5, 0.6) is 5.75 Å². The molecule has 0 saturated heterocycles. The summed E-state index contributed by atoms with van der Waals surface area (Å²) in [5.74, 6) is -4.42. The summed E-state index contributed by atoms with van der Waals surface area (Å²) in [6.45, 7) is 1.39. The molecule has 2 aromatic rings. The Balaban J connectivity index is 1.60. The molecule has 1 heterocycles. The summed E-state index contributed by atoms with van der Waals surface area (Å²) >= 11 is 0. The first-order chi connectivity index (χ1) is 21.5. The molecule has 0 fully saturated rings. The molecule has 0 spiro atoms. The summed E-state index contributed by atoms with van der Waals surface area (Å²) in [5, 5.41) is 12.2. The second kappa shape index (κ2) is 14.8. The minimum atomic E-state index is -1.20. The molecule has 0 aromatic heterocycles. The van der Waals surface area contributed by atoms with Crippen LogP contribution < -0.4 is 21.3 Å². The number of ether oxygens (including phenoxy) is 1. The number of nitrogens with one attached hydrogen (secondary N) is 2. The van der Waals surface area contributed by atoms with Crippen LogP contribution in [0.1, 0.15) is 53.7 Å². The number of rotatable bonds is 10. The molecule has 2 aliphatic rings. The molecule has 3 atom stereocenters. The molecule has 0 radical (unpaired) electrons. The number of aliphatic imine (C=N–C) groups is 1. The van der Waals surface area contributed by atoms with Crippen LogP contribution >= 0.6 is 0 Å². The van der Waals surface area contributed by atoms with Gasteiger partial charge in [0.15, 0.2) is 0 Å². The number of carbonyl (C=O) groups excluding carboxylic acids is 2. The minimum absolute atomic E-state index is 0.0144. The Hall–Kier alpha value is -4.85. The quantitative estimate of drug-likeness (QED) is 0.217. The van der Waals surface area contributed by atoms with Gasteiger partial charge in [-0.15, -0.1) is 0 Å². The van der Waals surface area contributed by atoms with E-state index in [1.807, 2.05) is 6.92 Å². The maximum Gasteiger partial charge on any atom is 0.337 e. The number of nitrogen functional groups attached to an aromatic ring is 1. The molecule has 4 rings (SSSR count). The molecule has 14 heteroatoms. The highest BCUT2D eigenvalue weighted by Crippen LogP contribution is 2.27. The molecule has 240 valence electrons. The summed E-state index contributed by atoms with van der Waals surface area (Å²) in [4.78, 5) is 49.8. The zero-order valence-electron chi connectivity index (χ0n) is 24.7. The largest absolute Gasteiger partial charge is 0.496 e. The van der Waals surface area contributed by atoms with Crippen molar-refractivity contribution >= 4 is 29.4 Å². The molecular formula is C31H34F3N5O6. The van der Waals surface area contributed by atoms with Gasteiger partial charge in [0, 0.05) is 18.2 Å². The van der Waals surface area contributed by atoms with Gasteiger partial charge in [-0.3, -0.25) is 25.0 Å². The van der Waals surface area contributed by atoms with Gasteiger partial charge < -0.3 is 20.9 Å². The van der Waals surface area contributed by atoms with Crippen molar-refractivity contribution in [1.29, 1.82) is 0 Å². The number of hydrogen-bond acceptors (Lipinski definition) is 8. The molecule has 2 unspecified atom stereocenters. The second-order valence-electron chi connectivity index (χ2n) is 10.6. The fourth-order valence-electron chi connectivity index (χ4n) is 5.09. The lowest BCUT2D eigenvalue weighted by molar-refractivity contribution is -0.131. The van der Waals surface area contributed by atoms with Gasteiger partial charge in [-0.1, -0.05) is 19.4 Å². The van der Waals surface area contributed by atoms with E-state index in [9.17, 15) is 32.7 Å². The first kappa shape index (κ1) is 33.1. The number of benzene rings is 2. The number of amidine groups is 1. The van der Waals surface area contributed by atoms with E-state index in [-0.39, 0.29) is 43.0 Å². The number of anilines is 1. The van der Waals surface area contributed by atoms with Crippen LogP contribution in [0.25, 0.3) is 0 Å². The number of allylic oxidation sites excluding steroid dienone is 2. The summed E-state index contributed by atoms with van der Waals surface area (Å²) in [6.07, 6.45) is 1.61. The van der Waals surface area contributed by atoms with E-state index < -0.39 is 53.4 Å². The van der Waals surface area contributed by atoms with Crippen LogP contribution in [0.2, 0.25) is 0 Å². The van der Waals surface area contributed by atoms with Gasteiger partial charge in [0.25, 0.3) is 0 Å². The standard InChI is InChI=1S/C31H34F3N5O6/c1-3-4-26(17-5-7-24(30(41)42)25(35)11-17)37-31(43)39-16-28(38-45-23-13-21(33)12-22(34)14-23)36-15-19(29(39)40)9-18-10-20(32)6-8-27(18)44-2/h5-8,10-13,19,23,26H,3-4,9,14-16,35H2,1-2H3,(H,36,38)(H,37,43)(H,41,42)/t19-,23?,26?/m1/s1. The number of carboxylic acid groups (broad SMARTS) is 1. The van der Waals surface area contributed by atoms with Crippen molar-refractivity contribution in [2.75, 3.05) is 25.9 Å². The molecule has 45 heavy (non-hydrogen) atoms. The molecule has 11 nitrogen and oxygen atoms in total. The number of amides is 3. The second-order valence-corrected chi connectivity index (χ2v) is 10.6. The predicted molar refractivity (Wildman–Crippen MR) is 159 cm³/mol. The predicted octanol–water partition coefficient (Wildman–Crippen LogP) is 4.77. The van der Waals surface area contributed by atoms with Crippen LogP contribution in [0.4, 0.5) is 23.7 Å². The van der Waals surface area contributed by atoms with Crippen LogP contribution in [-0.2, 0) is 16.1 Å². The first-order valence-electron chi connectivity index (χ1n) is 14.2. The molecule has 0 bridgehead atoms. The smallest absolute Gasteiger partial charge is 0.337 e. The van der Waals surface area contributed by atoms with Crippen molar-refractivity contribution in [2.45, 2.75) is 44.8 Å². The lowest BCUT2D eigenvalue weighted by Gasteiger charge is -2.27. The fraction of sp³-hybridized carbons (Fsp3) is 0.355. The molecule has 1 aliphatic heterocycles. The number of aromatic carboxylic acids is 1. The van der Waals surface area contributed by atoms with Crippen molar-refractivity contribution < 1.29 is 42.2 Å². The van der Waals surface area contributed by atoms with Crippen LogP contribution in [0, 0.1) is 11.7 Å². The van der Waals surface area contributed by atoms with E-state index in [0.29, 0.717) is 29.7 Å². The maximum atomic E-state index is 14.1. The Bertz CT molecular complexity index is 1550. The topological polar surface area (TPSA) is 156 Å². The van der Waals surface area contributed by atoms with Gasteiger partial charge in [0.2, 0.25) is 5.91 Å². The number of imide groups is 1. The van der Waals surface area contributed by atoms with Crippen LogP contribution in [0.3, 0.4) is 0 Å². The number of hydroxylamine groups is 1. The summed E-state index contributed by atoms with van der Waals surface area (Å²) in [6, 6.07) is 6.80. The lowest BCUT2D eigenvalue weighted by atomic mass is 9.97. The van der Waals surface area contributed by atoms with E-state index in [1.165, 1.54) is 43.5 Å². The number of urea groups is 1. The number of carboxylic acids is 1. The Labute approximate surface area is 257 Å². The highest BCUT2D eigenvalue weighted by molar-refractivity contribution is 6.01. The monoisotopic (exact) mass is 629 g/mol. The van der Waals surface area contributed by atoms with E-state index in [2.05, 4.69) is 15.8 Å². The highest BCUT2D eigenvalue weighted by Gasteiger charge is 2.34. The van der Waals surface area contributed by atoms with Gasteiger partial charge in [-0.2, -0.15) is 0 Å². The van der Waals surface area contributed by atoms with Crippen LogP contribution in [-0.4, -0.2) is 60.1 Å². The van der Waals surface area contributed by atoms with Gasteiger partial charge in [0.1, 0.15) is 35.2 Å². The number of methoxy groups -OCH3 is 1. The average Bonchev–Trinajstić information content (AvgIpc) is 3.13. The van der Waals surface area contributed by atoms with Gasteiger partial charge in [-0.25, -0.2) is 22.8 Å². The van der Waals surface area contributed by atoms with Gasteiger partial charge in [-0.05, 0) is 60.4 Å². The number of halogens is 3. The van der Waals surface area contributed by atoms with E-state index in [0.717, 1.165) is 17.1 Å². The third-order valence-electron chi connectivity index (χ3n) is 7.33. The zero-order valence-corrected chi connectivity index (χ0v) is 24.7. The molecule has 2 aromatic carbocycles. The molecule has 0 saturated carbocycles. The average molecular weight is 630 g/mol. The van der Waals surface area contributed by atoms with Gasteiger partial charge >= 0.3 is 12.0 Å². The van der Waals surface area contributed by atoms with Crippen molar-refractivity contribution in [1.82, 2.24) is 15.7 Å². The lowest BCUT2D eigenvalue weighted by Crippen LogP contribution is -2.50. The van der Waals surface area contributed by atoms with Crippen molar-refractivity contribution in [3.63, 3.8) is 0 Å². The minimum Gasteiger partial charge on any atom is -0.496 e. The Kier molecular flexibility index (Phi) is 10.8. The highest BCUT2D eigenvalue weighted by atomic mass is 19.1. The summed E-state index contributed by atoms with van der Waals surface area (Å²) < 4.78 is 46.9. The number of hydrogen-bond donors (Lipinski definition) is 4. The Morgan fingerprint density at radius 3 is 2.64 bits per heavy atom. The van der Waals surface area contributed by atoms with E-state index in [4.69, 9.17) is 15.3 Å². The van der Waals surface area contributed by atoms with Crippen molar-refractivity contribution in [3.8, 4) is 5.75 Å². The number of nitrogens with zero attached hydrogens (tertiary/aromatic N) is 2. The number of carbonyl (C=O) groups is 3. The Morgan fingerprint density at radius 2 is 1.98 bits per heavy atom. The third-order valence-corrected chi connectivity index (χ3v) is 7.33. The van der Waals surface area contributed by atoms with Crippen molar-refractivity contribution in [2.24, 2.45) is 10.9 Å². The van der Waals surface area contributed by atoms with E-state index >= 15 is 0 Å². The van der Waals surface area contributed by atoms with Crippen molar-refractivity contribution in [3.05, 3.63) is 82.7 Å². The first-order valence-corrected chi connectivity index (χ1v) is 14.2. The van der Waals surface area contributed by atoms with Crippen LogP contribution in [0.15, 0.2) is 65.2 Å². The zero-order chi connectivity index (χ0) is 32.7. The molecular weight excluding hydrogens is 595 g/mol. The number of nitrogens with two attached hydrogens (primary N) is 1. The SMILES string of the molecule is CCCC(NC(=O)N1CC(NOC2C=C(F)C=C(F)C2)=NC[C@@H](Cc2cc(F)ccc2OC)C1=O)c1ccc(C(=O)O)c(N)c1. The summed E-state index contributed by atoms with van der Waals surface area (Å²) in [7, 11) is 1.41. The summed E-state index contributed by atoms with van der Waals surface area (Å²) in [5.41, 5.74) is 9.33. The fourth-order valence-corrected chi connectivity index (χ4v) is 5.09. The Morgan fingerprint density at radius 1 is 1.20 bits per heavy atom.